The zero-order valence-corrected chi connectivity index (χ0v) is 9.91. The molecule has 2 rings (SSSR count). The third-order valence-electron chi connectivity index (χ3n) is 2.42. The lowest BCUT2D eigenvalue weighted by Gasteiger charge is -2.04. The molecule has 1 aromatic heterocycles. The fourth-order valence-corrected chi connectivity index (χ4v) is 1.59. The second kappa shape index (κ2) is 4.97. The summed E-state index contributed by atoms with van der Waals surface area (Å²) in [6, 6.07) is 5.24. The van der Waals surface area contributed by atoms with Gasteiger partial charge in [-0.3, -0.25) is 4.79 Å². The monoisotopic (exact) mass is 233 g/mol. The lowest BCUT2D eigenvalue weighted by atomic mass is 10.2. The molecule has 0 unspecified atom stereocenters. The highest BCUT2D eigenvalue weighted by molar-refractivity contribution is 5.97. The van der Waals surface area contributed by atoms with Gasteiger partial charge in [0.25, 0.3) is 5.91 Å². The largest absolute Gasteiger partial charge is 0.441 e. The van der Waals surface area contributed by atoms with Crippen molar-refractivity contribution < 1.29 is 9.21 Å². The molecule has 1 amide bonds. The van der Waals surface area contributed by atoms with E-state index in [0.29, 0.717) is 29.1 Å². The number of likely N-dealkylation sites (N-methyl/N-ethyl adjacent to an activating group) is 1. The lowest BCUT2D eigenvalue weighted by molar-refractivity contribution is 0.0954. The van der Waals surface area contributed by atoms with Gasteiger partial charge in [0.15, 0.2) is 11.5 Å². The Hall–Kier alpha value is -1.88. The van der Waals surface area contributed by atoms with Crippen LogP contribution in [0.5, 0.6) is 0 Å². The van der Waals surface area contributed by atoms with Crippen LogP contribution in [0.25, 0.3) is 11.1 Å². The van der Waals surface area contributed by atoms with Crippen LogP contribution in [0.15, 0.2) is 22.6 Å². The Balaban J connectivity index is 2.15. The Morgan fingerprint density at radius 1 is 1.41 bits per heavy atom. The standard InChI is InChI=1S/C12H15N3O2/c1-8-15-10-7-9(3-4-11(10)17-8)12(16)14-6-5-13-2/h3-4,7,13H,5-6H2,1-2H3,(H,14,16). The number of aryl methyl sites for hydroxylation is 1. The van der Waals surface area contributed by atoms with Crippen molar-refractivity contribution in [2.75, 3.05) is 20.1 Å². The first kappa shape index (κ1) is 11.6. The summed E-state index contributed by atoms with van der Waals surface area (Å²) < 4.78 is 5.35. The van der Waals surface area contributed by atoms with Crippen molar-refractivity contribution in [2.24, 2.45) is 0 Å². The quantitative estimate of drug-likeness (QED) is 0.776. The van der Waals surface area contributed by atoms with E-state index in [-0.39, 0.29) is 5.91 Å². The van der Waals surface area contributed by atoms with E-state index in [1.807, 2.05) is 7.05 Å². The molecule has 0 saturated carbocycles. The number of carbonyl (C=O) groups excluding carboxylic acids is 1. The number of hydrogen-bond donors (Lipinski definition) is 2. The molecule has 17 heavy (non-hydrogen) atoms. The molecule has 0 fully saturated rings. The molecule has 5 nitrogen and oxygen atoms in total. The number of aromatic nitrogens is 1. The number of benzene rings is 1. The average Bonchev–Trinajstić information content (AvgIpc) is 2.68. The molecule has 2 N–H and O–H groups in total. The number of nitrogens with one attached hydrogen (secondary N) is 2. The van der Waals surface area contributed by atoms with Crippen molar-refractivity contribution in [1.29, 1.82) is 0 Å². The van der Waals surface area contributed by atoms with Crippen LogP contribution < -0.4 is 10.6 Å². The van der Waals surface area contributed by atoms with Crippen LogP contribution in [0.2, 0.25) is 0 Å². The minimum Gasteiger partial charge on any atom is -0.441 e. The molecule has 1 aromatic carbocycles. The molecule has 1 heterocycles. The molecule has 90 valence electrons. The number of fused-ring (bicyclic) bond motifs is 1. The van der Waals surface area contributed by atoms with E-state index in [0.717, 1.165) is 6.54 Å². The Kier molecular flexibility index (Phi) is 3.39. The van der Waals surface area contributed by atoms with Gasteiger partial charge in [0, 0.05) is 25.6 Å². The minimum atomic E-state index is -0.0946. The van der Waals surface area contributed by atoms with Crippen LogP contribution in [-0.2, 0) is 0 Å². The van der Waals surface area contributed by atoms with Crippen LogP contribution in [0, 0.1) is 6.92 Å². The Morgan fingerprint density at radius 3 is 3.00 bits per heavy atom. The summed E-state index contributed by atoms with van der Waals surface area (Å²) >= 11 is 0. The highest BCUT2D eigenvalue weighted by Gasteiger charge is 2.08. The maximum atomic E-state index is 11.8. The fraction of sp³-hybridized carbons (Fsp3) is 0.333. The third-order valence-corrected chi connectivity index (χ3v) is 2.42. The van der Waals surface area contributed by atoms with Crippen LogP contribution in [0.1, 0.15) is 16.2 Å². The maximum Gasteiger partial charge on any atom is 0.251 e. The summed E-state index contributed by atoms with van der Waals surface area (Å²) in [4.78, 5) is 16.0. The zero-order chi connectivity index (χ0) is 12.3. The molecule has 0 spiro atoms. The summed E-state index contributed by atoms with van der Waals surface area (Å²) in [5.74, 6) is 0.510. The maximum absolute atomic E-state index is 11.8. The molecule has 0 aliphatic heterocycles. The van der Waals surface area contributed by atoms with Crippen LogP contribution >= 0.6 is 0 Å². The van der Waals surface area contributed by atoms with Crippen molar-refractivity contribution in [2.45, 2.75) is 6.92 Å². The van der Waals surface area contributed by atoms with Crippen LogP contribution in [-0.4, -0.2) is 31.0 Å². The number of oxazole rings is 1. The summed E-state index contributed by atoms with van der Waals surface area (Å²) in [6.45, 7) is 3.13. The summed E-state index contributed by atoms with van der Waals surface area (Å²) in [5, 5.41) is 5.78. The van der Waals surface area contributed by atoms with Gasteiger partial charge in [-0.1, -0.05) is 0 Å². The third kappa shape index (κ3) is 2.62. The molecular weight excluding hydrogens is 218 g/mol. The van der Waals surface area contributed by atoms with Gasteiger partial charge in [-0.2, -0.15) is 0 Å². The molecule has 0 radical (unpaired) electrons. The van der Waals surface area contributed by atoms with E-state index in [1.165, 1.54) is 0 Å². The fourth-order valence-electron chi connectivity index (χ4n) is 1.59. The Labute approximate surface area is 99.2 Å². The van der Waals surface area contributed by atoms with E-state index >= 15 is 0 Å². The Bertz CT molecular complexity index is 534. The highest BCUT2D eigenvalue weighted by Crippen LogP contribution is 2.16. The van der Waals surface area contributed by atoms with Gasteiger partial charge < -0.3 is 15.1 Å². The van der Waals surface area contributed by atoms with E-state index in [4.69, 9.17) is 4.42 Å². The highest BCUT2D eigenvalue weighted by atomic mass is 16.3. The van der Waals surface area contributed by atoms with Crippen molar-refractivity contribution in [3.8, 4) is 0 Å². The lowest BCUT2D eigenvalue weighted by Crippen LogP contribution is -2.30. The molecular formula is C12H15N3O2. The minimum absolute atomic E-state index is 0.0946. The SMILES string of the molecule is CNCCNC(=O)c1ccc2oc(C)nc2c1. The zero-order valence-electron chi connectivity index (χ0n) is 9.91. The first-order valence-corrected chi connectivity index (χ1v) is 5.50. The second-order valence-corrected chi connectivity index (χ2v) is 3.77. The van der Waals surface area contributed by atoms with Gasteiger partial charge in [0.1, 0.15) is 5.52 Å². The van der Waals surface area contributed by atoms with Crippen molar-refractivity contribution in [1.82, 2.24) is 15.6 Å². The Morgan fingerprint density at radius 2 is 2.24 bits per heavy atom. The number of amides is 1. The van der Waals surface area contributed by atoms with Gasteiger partial charge in [-0.05, 0) is 25.2 Å². The summed E-state index contributed by atoms with van der Waals surface area (Å²) in [5.41, 5.74) is 2.01. The van der Waals surface area contributed by atoms with Crippen LogP contribution in [0.4, 0.5) is 0 Å². The van der Waals surface area contributed by atoms with Crippen molar-refractivity contribution in [3.63, 3.8) is 0 Å². The molecule has 0 atom stereocenters. The second-order valence-electron chi connectivity index (χ2n) is 3.77. The first-order chi connectivity index (χ1) is 8.20. The molecule has 0 saturated heterocycles. The summed E-state index contributed by atoms with van der Waals surface area (Å²) in [6.07, 6.45) is 0. The van der Waals surface area contributed by atoms with E-state index in [1.54, 1.807) is 25.1 Å². The number of nitrogens with zero attached hydrogens (tertiary/aromatic N) is 1. The van der Waals surface area contributed by atoms with Crippen molar-refractivity contribution in [3.05, 3.63) is 29.7 Å². The predicted octanol–water partition coefficient (Wildman–Crippen LogP) is 1.09. The van der Waals surface area contributed by atoms with E-state index in [2.05, 4.69) is 15.6 Å². The topological polar surface area (TPSA) is 67.2 Å². The molecule has 0 aliphatic rings. The van der Waals surface area contributed by atoms with Crippen LogP contribution in [0.3, 0.4) is 0 Å². The van der Waals surface area contributed by atoms with E-state index < -0.39 is 0 Å². The molecule has 0 aliphatic carbocycles. The normalized spacial score (nSPS) is 10.7. The number of rotatable bonds is 4. The average molecular weight is 233 g/mol. The van der Waals surface area contributed by atoms with Gasteiger partial charge in [0.2, 0.25) is 0 Å². The van der Waals surface area contributed by atoms with Crippen molar-refractivity contribution >= 4 is 17.0 Å². The van der Waals surface area contributed by atoms with Gasteiger partial charge in [-0.15, -0.1) is 0 Å². The van der Waals surface area contributed by atoms with Gasteiger partial charge >= 0.3 is 0 Å². The first-order valence-electron chi connectivity index (χ1n) is 5.50. The van der Waals surface area contributed by atoms with Gasteiger partial charge in [0.05, 0.1) is 0 Å². The number of carbonyl (C=O) groups is 1. The molecule has 2 aromatic rings. The smallest absolute Gasteiger partial charge is 0.251 e. The molecule has 0 bridgehead atoms. The van der Waals surface area contributed by atoms with Gasteiger partial charge in [-0.25, -0.2) is 4.98 Å². The predicted molar refractivity (Wildman–Crippen MR) is 65.0 cm³/mol. The van der Waals surface area contributed by atoms with E-state index in [9.17, 15) is 4.79 Å². The summed E-state index contributed by atoms with van der Waals surface area (Å²) in [7, 11) is 1.84. The number of hydrogen-bond acceptors (Lipinski definition) is 4. The molecule has 5 heteroatoms.